The Hall–Kier alpha value is -0.810. The Kier molecular flexibility index (Phi) is 12.2. The first-order valence-corrected chi connectivity index (χ1v) is 9.31. The average Bonchev–Trinajstić information content (AvgIpc) is 2.55. The van der Waals surface area contributed by atoms with Crippen LogP contribution >= 0.6 is 24.8 Å². The van der Waals surface area contributed by atoms with Crippen molar-refractivity contribution in [3.8, 4) is 0 Å². The van der Waals surface area contributed by atoms with Crippen LogP contribution in [0.1, 0.15) is 57.6 Å². The zero-order valence-corrected chi connectivity index (χ0v) is 17.9. The van der Waals surface area contributed by atoms with Crippen LogP contribution in [-0.2, 0) is 17.9 Å². The SMILES string of the molecule is CC(C)C[C@H](N)C(=O)NCc1ccccc1CN1CCCCC1C.Cl.Cl. The summed E-state index contributed by atoms with van der Waals surface area (Å²) in [7, 11) is 0. The van der Waals surface area contributed by atoms with E-state index in [1.165, 1.54) is 36.9 Å². The normalized spacial score (nSPS) is 18.6. The second-order valence-corrected chi connectivity index (χ2v) is 7.54. The molecule has 150 valence electrons. The summed E-state index contributed by atoms with van der Waals surface area (Å²) in [6.07, 6.45) is 4.62. The van der Waals surface area contributed by atoms with Crippen molar-refractivity contribution in [2.45, 2.75) is 71.6 Å². The predicted octanol–water partition coefficient (Wildman–Crippen LogP) is 3.89. The summed E-state index contributed by atoms with van der Waals surface area (Å²) in [6.45, 7) is 9.17. The molecule has 1 aromatic rings. The van der Waals surface area contributed by atoms with Gasteiger partial charge in [0.25, 0.3) is 0 Å². The molecule has 0 aliphatic carbocycles. The molecule has 1 saturated heterocycles. The van der Waals surface area contributed by atoms with Crippen LogP contribution in [0, 0.1) is 5.92 Å². The quantitative estimate of drug-likeness (QED) is 0.725. The summed E-state index contributed by atoms with van der Waals surface area (Å²) in [4.78, 5) is 14.7. The maximum atomic E-state index is 12.2. The highest BCUT2D eigenvalue weighted by Gasteiger charge is 2.19. The van der Waals surface area contributed by atoms with Crippen LogP contribution in [0.2, 0.25) is 0 Å². The third-order valence-electron chi connectivity index (χ3n) is 4.95. The second-order valence-electron chi connectivity index (χ2n) is 7.54. The number of halogens is 2. The molecule has 1 unspecified atom stereocenters. The first-order valence-electron chi connectivity index (χ1n) is 9.31. The Morgan fingerprint density at radius 2 is 1.88 bits per heavy atom. The third-order valence-corrected chi connectivity index (χ3v) is 4.95. The van der Waals surface area contributed by atoms with Gasteiger partial charge in [0.1, 0.15) is 0 Å². The van der Waals surface area contributed by atoms with Gasteiger partial charge in [-0.1, -0.05) is 44.5 Å². The second kappa shape index (κ2) is 12.6. The van der Waals surface area contributed by atoms with Gasteiger partial charge in [-0.3, -0.25) is 9.69 Å². The molecule has 1 fully saturated rings. The Labute approximate surface area is 171 Å². The number of carbonyl (C=O) groups excluding carboxylic acids is 1. The van der Waals surface area contributed by atoms with Crippen LogP contribution in [0.15, 0.2) is 24.3 Å². The molecule has 26 heavy (non-hydrogen) atoms. The number of carbonyl (C=O) groups is 1. The number of hydrogen-bond acceptors (Lipinski definition) is 3. The first kappa shape index (κ1) is 25.2. The molecule has 0 saturated carbocycles. The number of nitrogens with zero attached hydrogens (tertiary/aromatic N) is 1. The first-order chi connectivity index (χ1) is 11.5. The Morgan fingerprint density at radius 3 is 2.50 bits per heavy atom. The van der Waals surface area contributed by atoms with Crippen LogP contribution < -0.4 is 11.1 Å². The minimum Gasteiger partial charge on any atom is -0.351 e. The van der Waals surface area contributed by atoms with Crippen molar-refractivity contribution in [3.63, 3.8) is 0 Å². The highest BCUT2D eigenvalue weighted by atomic mass is 35.5. The van der Waals surface area contributed by atoms with Crippen molar-refractivity contribution < 1.29 is 4.79 Å². The Balaban J connectivity index is 0.00000312. The number of rotatable bonds is 7. The molecule has 2 atom stereocenters. The summed E-state index contributed by atoms with van der Waals surface area (Å²) in [5.74, 6) is 0.378. The number of benzene rings is 1. The van der Waals surface area contributed by atoms with Crippen molar-refractivity contribution in [2.24, 2.45) is 11.7 Å². The van der Waals surface area contributed by atoms with E-state index in [-0.39, 0.29) is 30.7 Å². The largest absolute Gasteiger partial charge is 0.351 e. The van der Waals surface area contributed by atoms with Gasteiger partial charge in [-0.2, -0.15) is 0 Å². The molecule has 1 aromatic carbocycles. The van der Waals surface area contributed by atoms with E-state index in [0.717, 1.165) is 13.0 Å². The summed E-state index contributed by atoms with van der Waals surface area (Å²) in [6, 6.07) is 8.63. The van der Waals surface area contributed by atoms with Gasteiger partial charge in [-0.05, 0) is 49.8 Å². The van der Waals surface area contributed by atoms with Gasteiger partial charge in [0, 0.05) is 19.1 Å². The fourth-order valence-corrected chi connectivity index (χ4v) is 3.42. The van der Waals surface area contributed by atoms with Crippen LogP contribution in [0.5, 0.6) is 0 Å². The van der Waals surface area contributed by atoms with E-state index in [9.17, 15) is 4.79 Å². The molecule has 6 heteroatoms. The van der Waals surface area contributed by atoms with E-state index in [1.54, 1.807) is 0 Å². The van der Waals surface area contributed by atoms with E-state index in [4.69, 9.17) is 5.73 Å². The van der Waals surface area contributed by atoms with Crippen LogP contribution in [-0.4, -0.2) is 29.4 Å². The van der Waals surface area contributed by atoms with Crippen molar-refractivity contribution in [3.05, 3.63) is 35.4 Å². The average molecular weight is 404 g/mol. The lowest BCUT2D eigenvalue weighted by Crippen LogP contribution is -2.41. The van der Waals surface area contributed by atoms with Crippen molar-refractivity contribution in [1.29, 1.82) is 0 Å². The summed E-state index contributed by atoms with van der Waals surface area (Å²) < 4.78 is 0. The van der Waals surface area contributed by atoms with Crippen molar-refractivity contribution >= 4 is 30.7 Å². The maximum Gasteiger partial charge on any atom is 0.237 e. The minimum absolute atomic E-state index is 0. The van der Waals surface area contributed by atoms with Gasteiger partial charge in [0.15, 0.2) is 0 Å². The number of amides is 1. The topological polar surface area (TPSA) is 58.4 Å². The molecule has 1 aliphatic rings. The lowest BCUT2D eigenvalue weighted by atomic mass is 10.0. The van der Waals surface area contributed by atoms with Gasteiger partial charge in [-0.15, -0.1) is 24.8 Å². The number of hydrogen-bond donors (Lipinski definition) is 2. The van der Waals surface area contributed by atoms with Crippen LogP contribution in [0.3, 0.4) is 0 Å². The van der Waals surface area contributed by atoms with Crippen LogP contribution in [0.4, 0.5) is 0 Å². The summed E-state index contributed by atoms with van der Waals surface area (Å²) >= 11 is 0. The Bertz CT molecular complexity index is 540. The summed E-state index contributed by atoms with van der Waals surface area (Å²) in [5.41, 5.74) is 8.47. The van der Waals surface area contributed by atoms with E-state index in [0.29, 0.717) is 18.5 Å². The zero-order chi connectivity index (χ0) is 17.5. The number of nitrogens with one attached hydrogen (secondary N) is 1. The number of likely N-dealkylation sites (tertiary alicyclic amines) is 1. The molecule has 0 bridgehead atoms. The molecule has 1 amide bonds. The predicted molar refractivity (Wildman–Crippen MR) is 114 cm³/mol. The smallest absolute Gasteiger partial charge is 0.237 e. The lowest BCUT2D eigenvalue weighted by Gasteiger charge is -2.33. The molecule has 1 aliphatic heterocycles. The standard InChI is InChI=1S/C20H33N3O.2ClH/c1-15(2)12-19(21)20(24)22-13-17-9-4-5-10-18(17)14-23-11-7-6-8-16(23)3;;/h4-5,9-10,15-16,19H,6-8,11-14,21H2,1-3H3,(H,22,24);2*1H/t16?,19-;;/m0../s1. The highest BCUT2D eigenvalue weighted by Crippen LogP contribution is 2.20. The van der Waals surface area contributed by atoms with Crippen molar-refractivity contribution in [1.82, 2.24) is 10.2 Å². The minimum atomic E-state index is -0.417. The molecule has 3 N–H and O–H groups in total. The van der Waals surface area contributed by atoms with Crippen molar-refractivity contribution in [2.75, 3.05) is 6.54 Å². The monoisotopic (exact) mass is 403 g/mol. The number of piperidine rings is 1. The van der Waals surface area contributed by atoms with Crippen LogP contribution in [0.25, 0.3) is 0 Å². The highest BCUT2D eigenvalue weighted by molar-refractivity contribution is 5.85. The molecule has 1 heterocycles. The van der Waals surface area contributed by atoms with Gasteiger partial charge in [-0.25, -0.2) is 0 Å². The zero-order valence-electron chi connectivity index (χ0n) is 16.2. The summed E-state index contributed by atoms with van der Waals surface area (Å²) in [5, 5.41) is 3.01. The van der Waals surface area contributed by atoms with Gasteiger partial charge in [0.05, 0.1) is 6.04 Å². The molecular formula is C20H35Cl2N3O. The van der Waals surface area contributed by atoms with Gasteiger partial charge < -0.3 is 11.1 Å². The fraction of sp³-hybridized carbons (Fsp3) is 0.650. The van der Waals surface area contributed by atoms with E-state index in [1.807, 2.05) is 6.07 Å². The van der Waals surface area contributed by atoms with E-state index < -0.39 is 6.04 Å². The van der Waals surface area contributed by atoms with Gasteiger partial charge >= 0.3 is 0 Å². The fourth-order valence-electron chi connectivity index (χ4n) is 3.42. The molecular weight excluding hydrogens is 369 g/mol. The Morgan fingerprint density at radius 1 is 1.23 bits per heavy atom. The lowest BCUT2D eigenvalue weighted by molar-refractivity contribution is -0.122. The maximum absolute atomic E-state index is 12.2. The molecule has 0 radical (unpaired) electrons. The van der Waals surface area contributed by atoms with E-state index >= 15 is 0 Å². The van der Waals surface area contributed by atoms with Gasteiger partial charge in [0.2, 0.25) is 5.91 Å². The van der Waals surface area contributed by atoms with E-state index in [2.05, 4.69) is 49.2 Å². The molecule has 0 spiro atoms. The number of nitrogens with two attached hydrogens (primary N) is 1. The molecule has 4 nitrogen and oxygen atoms in total. The molecule has 2 rings (SSSR count). The third kappa shape index (κ3) is 7.83. The molecule has 0 aromatic heterocycles.